The molecule has 0 radical (unpaired) electrons. The van der Waals surface area contributed by atoms with Crippen LogP contribution in [0.5, 0.6) is 0 Å². The van der Waals surface area contributed by atoms with Gasteiger partial charge in [-0.3, -0.25) is 4.79 Å². The number of amides is 1. The fraction of sp³-hybridized carbons (Fsp3) is 0.412. The number of ether oxygens (including phenoxy) is 1. The van der Waals surface area contributed by atoms with Gasteiger partial charge in [-0.15, -0.1) is 5.10 Å². The molecule has 3 rings (SSSR count). The number of carbonyl (C=O) groups is 2. The number of hydrogen-bond donors (Lipinski definition) is 2. The molecule has 1 amide bonds. The van der Waals surface area contributed by atoms with Crippen molar-refractivity contribution >= 4 is 38.4 Å². The van der Waals surface area contributed by atoms with Crippen LogP contribution in [-0.2, 0) is 14.8 Å². The predicted octanol–water partition coefficient (Wildman–Crippen LogP) is 2.19. The van der Waals surface area contributed by atoms with Crippen LogP contribution in [-0.4, -0.2) is 42.5 Å². The van der Waals surface area contributed by atoms with Gasteiger partial charge in [0.15, 0.2) is 5.00 Å². The largest absolute Gasteiger partial charge is 0.461 e. The van der Waals surface area contributed by atoms with E-state index in [1.54, 1.807) is 6.92 Å². The first-order valence-electron chi connectivity index (χ1n) is 8.84. The summed E-state index contributed by atoms with van der Waals surface area (Å²) in [5, 5.41) is 6.35. The van der Waals surface area contributed by atoms with Crippen LogP contribution in [0.1, 0.15) is 53.5 Å². The highest BCUT2D eigenvalue weighted by Gasteiger charge is 2.24. The molecule has 150 valence electrons. The molecule has 1 aromatic carbocycles. The summed E-state index contributed by atoms with van der Waals surface area (Å²) in [7, 11) is -3.72. The summed E-state index contributed by atoms with van der Waals surface area (Å²) in [6.45, 7) is 1.82. The van der Waals surface area contributed by atoms with E-state index in [9.17, 15) is 18.0 Å². The second kappa shape index (κ2) is 8.76. The van der Waals surface area contributed by atoms with Crippen LogP contribution in [0.2, 0.25) is 0 Å². The molecule has 9 nitrogen and oxygen atoms in total. The Hall–Kier alpha value is -2.37. The van der Waals surface area contributed by atoms with Gasteiger partial charge in [-0.1, -0.05) is 23.4 Å². The monoisotopic (exact) mass is 424 g/mol. The molecule has 1 fully saturated rings. The zero-order valence-electron chi connectivity index (χ0n) is 15.2. The average molecular weight is 425 g/mol. The van der Waals surface area contributed by atoms with E-state index in [-0.39, 0.29) is 33.8 Å². The van der Waals surface area contributed by atoms with Crippen molar-refractivity contribution in [1.82, 2.24) is 14.3 Å². The van der Waals surface area contributed by atoms with Crippen molar-refractivity contribution in [2.24, 2.45) is 0 Å². The van der Waals surface area contributed by atoms with Crippen molar-refractivity contribution in [1.29, 1.82) is 0 Å². The minimum atomic E-state index is -3.72. The number of carbonyl (C=O) groups excluding carboxylic acids is 2. The Bertz CT molecular complexity index is 967. The molecule has 1 aromatic heterocycles. The Morgan fingerprint density at radius 2 is 2.04 bits per heavy atom. The van der Waals surface area contributed by atoms with Crippen LogP contribution >= 0.6 is 11.5 Å². The summed E-state index contributed by atoms with van der Waals surface area (Å²) in [5.41, 5.74) is 0.0457. The van der Waals surface area contributed by atoms with Crippen LogP contribution in [0.3, 0.4) is 0 Å². The number of sulfonamides is 1. The molecule has 1 aliphatic rings. The average Bonchev–Trinajstić information content (AvgIpc) is 3.33. The highest BCUT2D eigenvalue weighted by molar-refractivity contribution is 7.89. The number of aromatic nitrogens is 2. The number of hydrogen-bond acceptors (Lipinski definition) is 8. The molecule has 0 atom stereocenters. The second-order valence-corrected chi connectivity index (χ2v) is 8.72. The Balaban J connectivity index is 1.76. The lowest BCUT2D eigenvalue weighted by Crippen LogP contribution is -2.32. The Labute approximate surface area is 166 Å². The SMILES string of the molecule is CCOC(=O)c1nnsc1NC(=O)c1cccc(S(=O)(=O)NC2CCCC2)c1. The van der Waals surface area contributed by atoms with Gasteiger partial charge >= 0.3 is 5.97 Å². The topological polar surface area (TPSA) is 127 Å². The van der Waals surface area contributed by atoms with Crippen LogP contribution in [0.4, 0.5) is 5.00 Å². The maximum Gasteiger partial charge on any atom is 0.362 e. The number of anilines is 1. The van der Waals surface area contributed by atoms with E-state index >= 15 is 0 Å². The Morgan fingerprint density at radius 3 is 2.75 bits per heavy atom. The fourth-order valence-electron chi connectivity index (χ4n) is 2.92. The molecule has 0 bridgehead atoms. The first-order chi connectivity index (χ1) is 13.4. The smallest absolute Gasteiger partial charge is 0.362 e. The second-order valence-electron chi connectivity index (χ2n) is 6.26. The lowest BCUT2D eigenvalue weighted by Gasteiger charge is -2.13. The summed E-state index contributed by atoms with van der Waals surface area (Å²) in [4.78, 5) is 24.4. The zero-order chi connectivity index (χ0) is 20.1. The minimum Gasteiger partial charge on any atom is -0.461 e. The van der Waals surface area contributed by atoms with Gasteiger partial charge in [-0.05, 0) is 38.0 Å². The van der Waals surface area contributed by atoms with Crippen molar-refractivity contribution in [3.8, 4) is 0 Å². The highest BCUT2D eigenvalue weighted by Crippen LogP contribution is 2.22. The summed E-state index contributed by atoms with van der Waals surface area (Å²) >= 11 is 0.833. The molecule has 0 saturated heterocycles. The van der Waals surface area contributed by atoms with Crippen LogP contribution in [0.25, 0.3) is 0 Å². The molecule has 0 aliphatic heterocycles. The maximum absolute atomic E-state index is 12.6. The standard InChI is InChI=1S/C17H20N4O5S2/c1-2-26-17(23)14-16(27-21-19-14)18-15(22)11-6-5-9-13(10-11)28(24,25)20-12-7-3-4-8-12/h5-6,9-10,12,20H,2-4,7-8H2,1H3,(H,18,22). The van der Waals surface area contributed by atoms with E-state index in [0.717, 1.165) is 37.2 Å². The Kier molecular flexibility index (Phi) is 6.37. The van der Waals surface area contributed by atoms with E-state index in [1.807, 2.05) is 0 Å². The van der Waals surface area contributed by atoms with Gasteiger partial charge in [-0.2, -0.15) is 0 Å². The lowest BCUT2D eigenvalue weighted by molar-refractivity contribution is 0.0520. The first kappa shape index (κ1) is 20.4. The molecule has 2 N–H and O–H groups in total. The minimum absolute atomic E-state index is 0.0140. The molecular weight excluding hydrogens is 404 g/mol. The third-order valence-electron chi connectivity index (χ3n) is 4.27. The van der Waals surface area contributed by atoms with Gasteiger partial charge in [0.1, 0.15) is 0 Å². The highest BCUT2D eigenvalue weighted by atomic mass is 32.2. The molecule has 1 heterocycles. The quantitative estimate of drug-likeness (QED) is 0.652. The van der Waals surface area contributed by atoms with Crippen LogP contribution in [0.15, 0.2) is 29.2 Å². The van der Waals surface area contributed by atoms with Gasteiger partial charge in [0.2, 0.25) is 15.7 Å². The summed E-state index contributed by atoms with van der Waals surface area (Å²) in [6, 6.07) is 5.65. The van der Waals surface area contributed by atoms with Crippen molar-refractivity contribution < 1.29 is 22.7 Å². The van der Waals surface area contributed by atoms with E-state index < -0.39 is 21.9 Å². The van der Waals surface area contributed by atoms with Crippen LogP contribution < -0.4 is 10.0 Å². The molecule has 0 spiro atoms. The van der Waals surface area contributed by atoms with Crippen molar-refractivity contribution in [3.63, 3.8) is 0 Å². The molecule has 11 heteroatoms. The van der Waals surface area contributed by atoms with E-state index in [0.29, 0.717) is 0 Å². The van der Waals surface area contributed by atoms with Gasteiger partial charge in [0.25, 0.3) is 5.91 Å². The molecule has 1 saturated carbocycles. The normalized spacial score (nSPS) is 14.8. The number of nitrogens with zero attached hydrogens (tertiary/aromatic N) is 2. The van der Waals surface area contributed by atoms with Crippen molar-refractivity contribution in [2.45, 2.75) is 43.5 Å². The summed E-state index contributed by atoms with van der Waals surface area (Å²) < 4.78 is 36.4. The van der Waals surface area contributed by atoms with E-state index in [4.69, 9.17) is 4.74 Å². The molecule has 28 heavy (non-hydrogen) atoms. The number of nitrogens with one attached hydrogen (secondary N) is 2. The fourth-order valence-corrected chi connectivity index (χ4v) is 4.82. The van der Waals surface area contributed by atoms with Crippen LogP contribution in [0, 0.1) is 0 Å². The van der Waals surface area contributed by atoms with Crippen molar-refractivity contribution in [2.75, 3.05) is 11.9 Å². The summed E-state index contributed by atoms with van der Waals surface area (Å²) in [5.74, 6) is -1.27. The molecule has 2 aromatic rings. The van der Waals surface area contributed by atoms with Gasteiger partial charge < -0.3 is 10.1 Å². The summed E-state index contributed by atoms with van der Waals surface area (Å²) in [6.07, 6.45) is 3.63. The molecule has 1 aliphatic carbocycles. The first-order valence-corrected chi connectivity index (χ1v) is 11.1. The van der Waals surface area contributed by atoms with E-state index in [2.05, 4.69) is 19.6 Å². The van der Waals surface area contributed by atoms with Gasteiger partial charge in [0.05, 0.1) is 11.5 Å². The van der Waals surface area contributed by atoms with Gasteiger partial charge in [0, 0.05) is 23.1 Å². The van der Waals surface area contributed by atoms with Gasteiger partial charge in [-0.25, -0.2) is 17.9 Å². The number of esters is 1. The number of benzene rings is 1. The Morgan fingerprint density at radius 1 is 1.29 bits per heavy atom. The third-order valence-corrected chi connectivity index (χ3v) is 6.43. The van der Waals surface area contributed by atoms with E-state index in [1.165, 1.54) is 24.3 Å². The lowest BCUT2D eigenvalue weighted by atomic mass is 10.2. The maximum atomic E-state index is 12.6. The third kappa shape index (κ3) is 4.72. The number of rotatable bonds is 7. The molecule has 0 unspecified atom stereocenters. The molecular formula is C17H20N4O5S2. The zero-order valence-corrected chi connectivity index (χ0v) is 16.8. The predicted molar refractivity (Wildman–Crippen MR) is 103 cm³/mol. The van der Waals surface area contributed by atoms with Crippen molar-refractivity contribution in [3.05, 3.63) is 35.5 Å².